The number of esters is 1. The van der Waals surface area contributed by atoms with Gasteiger partial charge in [-0.25, -0.2) is 13.2 Å². The van der Waals surface area contributed by atoms with Gasteiger partial charge in [0.2, 0.25) is 0 Å². The molecular formula is C21H21NO4S2. The maximum absolute atomic E-state index is 13.3. The Labute approximate surface area is 169 Å². The van der Waals surface area contributed by atoms with Crippen molar-refractivity contribution in [2.24, 2.45) is 0 Å². The fourth-order valence-corrected chi connectivity index (χ4v) is 5.74. The number of thiophene rings is 1. The van der Waals surface area contributed by atoms with Gasteiger partial charge < -0.3 is 4.74 Å². The average Bonchev–Trinajstić information content (AvgIpc) is 3.07. The van der Waals surface area contributed by atoms with Crippen LogP contribution in [-0.4, -0.2) is 21.0 Å². The number of hydrogen-bond donors (Lipinski definition) is 1. The van der Waals surface area contributed by atoms with Crippen molar-refractivity contribution in [1.82, 2.24) is 0 Å². The van der Waals surface area contributed by atoms with Gasteiger partial charge in [0.05, 0.1) is 6.61 Å². The summed E-state index contributed by atoms with van der Waals surface area (Å²) >= 11 is 1.07. The van der Waals surface area contributed by atoms with E-state index in [0.29, 0.717) is 11.3 Å². The minimum atomic E-state index is -4.02. The van der Waals surface area contributed by atoms with Crippen molar-refractivity contribution in [2.45, 2.75) is 25.7 Å². The number of nitrogens with one attached hydrogen (secondary N) is 1. The lowest BCUT2D eigenvalue weighted by atomic mass is 10.1. The van der Waals surface area contributed by atoms with Crippen LogP contribution in [0.25, 0.3) is 11.1 Å². The molecule has 5 nitrogen and oxygen atoms in total. The van der Waals surface area contributed by atoms with E-state index in [-0.39, 0.29) is 16.4 Å². The second kappa shape index (κ2) is 8.16. The Kier molecular flexibility index (Phi) is 5.86. The van der Waals surface area contributed by atoms with Gasteiger partial charge in [-0.15, -0.1) is 11.3 Å². The fourth-order valence-electron chi connectivity index (χ4n) is 3.01. The molecule has 0 amide bonds. The summed E-state index contributed by atoms with van der Waals surface area (Å²) in [5.41, 5.74) is 3.53. The molecule has 0 fully saturated rings. The summed E-state index contributed by atoms with van der Waals surface area (Å²) in [4.78, 5) is 12.4. The molecule has 7 heteroatoms. The number of rotatable bonds is 6. The van der Waals surface area contributed by atoms with Crippen LogP contribution in [0.15, 0.2) is 58.8 Å². The zero-order valence-corrected chi connectivity index (χ0v) is 17.5. The first-order valence-corrected chi connectivity index (χ1v) is 11.1. The molecule has 1 N–H and O–H groups in total. The molecule has 28 heavy (non-hydrogen) atoms. The second-order valence-corrected chi connectivity index (χ2v) is 8.87. The molecule has 3 aromatic rings. The van der Waals surface area contributed by atoms with Gasteiger partial charge in [-0.2, -0.15) is 0 Å². The zero-order valence-electron chi connectivity index (χ0n) is 15.9. The van der Waals surface area contributed by atoms with Gasteiger partial charge in [-0.1, -0.05) is 36.4 Å². The molecule has 0 saturated carbocycles. The third-order valence-electron chi connectivity index (χ3n) is 4.03. The number of sulfonamides is 1. The van der Waals surface area contributed by atoms with Crippen LogP contribution >= 0.6 is 11.3 Å². The summed E-state index contributed by atoms with van der Waals surface area (Å²) in [6.07, 6.45) is 0. The molecule has 0 bridgehead atoms. The zero-order chi connectivity index (χ0) is 20.3. The van der Waals surface area contributed by atoms with E-state index in [4.69, 9.17) is 4.74 Å². The standard InChI is InChI=1S/C21H21NO4S2/c1-4-26-21(23)19-20(18(13-27-19)16-8-6-5-7-9-16)28(24,25)22-17-11-14(2)10-15(3)12-17/h5-13,22H,4H2,1-3H3. The van der Waals surface area contributed by atoms with Crippen molar-refractivity contribution in [3.8, 4) is 11.1 Å². The Balaban J connectivity index is 2.14. The fraction of sp³-hybridized carbons (Fsp3) is 0.190. The molecule has 0 atom stereocenters. The highest BCUT2D eigenvalue weighted by Crippen LogP contribution is 2.36. The second-order valence-electron chi connectivity index (χ2n) is 6.38. The van der Waals surface area contributed by atoms with Crippen LogP contribution < -0.4 is 4.72 Å². The molecule has 2 aromatic carbocycles. The molecule has 0 saturated heterocycles. The van der Waals surface area contributed by atoms with E-state index in [0.717, 1.165) is 28.0 Å². The van der Waals surface area contributed by atoms with E-state index in [2.05, 4.69) is 4.72 Å². The predicted octanol–water partition coefficient (Wildman–Crippen LogP) is 5.01. The number of benzene rings is 2. The van der Waals surface area contributed by atoms with Crippen LogP contribution in [-0.2, 0) is 14.8 Å². The molecule has 0 aliphatic carbocycles. The van der Waals surface area contributed by atoms with E-state index in [1.54, 1.807) is 24.4 Å². The van der Waals surface area contributed by atoms with E-state index < -0.39 is 16.0 Å². The lowest BCUT2D eigenvalue weighted by Gasteiger charge is -2.12. The number of carbonyl (C=O) groups excluding carboxylic acids is 1. The molecule has 1 aromatic heterocycles. The molecular weight excluding hydrogens is 394 g/mol. The summed E-state index contributed by atoms with van der Waals surface area (Å²) in [6.45, 7) is 5.65. The maximum atomic E-state index is 13.3. The molecule has 0 radical (unpaired) electrons. The molecule has 0 aliphatic heterocycles. The van der Waals surface area contributed by atoms with Crippen molar-refractivity contribution in [3.05, 3.63) is 69.9 Å². The number of anilines is 1. The lowest BCUT2D eigenvalue weighted by molar-refractivity contribution is 0.0528. The normalized spacial score (nSPS) is 11.2. The van der Waals surface area contributed by atoms with Crippen molar-refractivity contribution >= 4 is 33.0 Å². The minimum Gasteiger partial charge on any atom is -0.462 e. The predicted molar refractivity (Wildman–Crippen MR) is 112 cm³/mol. The van der Waals surface area contributed by atoms with Gasteiger partial charge in [0, 0.05) is 16.6 Å². The van der Waals surface area contributed by atoms with E-state index >= 15 is 0 Å². The monoisotopic (exact) mass is 415 g/mol. The lowest BCUT2D eigenvalue weighted by Crippen LogP contribution is -2.17. The number of hydrogen-bond acceptors (Lipinski definition) is 5. The highest BCUT2D eigenvalue weighted by molar-refractivity contribution is 7.93. The van der Waals surface area contributed by atoms with E-state index in [1.807, 2.05) is 50.2 Å². The first kappa shape index (κ1) is 20.1. The highest BCUT2D eigenvalue weighted by Gasteiger charge is 2.30. The van der Waals surface area contributed by atoms with Gasteiger partial charge in [0.25, 0.3) is 10.0 Å². The molecule has 3 rings (SSSR count). The number of aryl methyl sites for hydroxylation is 2. The maximum Gasteiger partial charge on any atom is 0.349 e. The van der Waals surface area contributed by atoms with Crippen molar-refractivity contribution in [1.29, 1.82) is 0 Å². The first-order chi connectivity index (χ1) is 13.3. The van der Waals surface area contributed by atoms with Crippen LogP contribution in [0, 0.1) is 13.8 Å². The van der Waals surface area contributed by atoms with Crippen LogP contribution in [0.3, 0.4) is 0 Å². The number of carbonyl (C=O) groups is 1. The average molecular weight is 416 g/mol. The Morgan fingerprint density at radius 3 is 2.32 bits per heavy atom. The summed E-state index contributed by atoms with van der Waals surface area (Å²) in [6, 6.07) is 14.6. The molecule has 146 valence electrons. The van der Waals surface area contributed by atoms with Gasteiger partial charge in [-0.05, 0) is 49.6 Å². The highest BCUT2D eigenvalue weighted by atomic mass is 32.2. The van der Waals surface area contributed by atoms with Gasteiger partial charge in [0.1, 0.15) is 9.77 Å². The summed E-state index contributed by atoms with van der Waals surface area (Å²) in [7, 11) is -4.02. The molecule has 1 heterocycles. The minimum absolute atomic E-state index is 0.0543. The van der Waals surface area contributed by atoms with Gasteiger partial charge in [0.15, 0.2) is 0 Å². The molecule has 0 spiro atoms. The third kappa shape index (κ3) is 4.26. The quantitative estimate of drug-likeness (QED) is 0.575. The summed E-state index contributed by atoms with van der Waals surface area (Å²) in [5, 5.41) is 1.68. The van der Waals surface area contributed by atoms with E-state index in [1.165, 1.54) is 0 Å². The van der Waals surface area contributed by atoms with Crippen LogP contribution in [0.4, 0.5) is 5.69 Å². The molecule has 0 unspecified atom stereocenters. The topological polar surface area (TPSA) is 72.5 Å². The van der Waals surface area contributed by atoms with E-state index in [9.17, 15) is 13.2 Å². The summed E-state index contributed by atoms with van der Waals surface area (Å²) < 4.78 is 34.3. The third-order valence-corrected chi connectivity index (χ3v) is 6.59. The van der Waals surface area contributed by atoms with Crippen molar-refractivity contribution in [3.63, 3.8) is 0 Å². The smallest absolute Gasteiger partial charge is 0.349 e. The Morgan fingerprint density at radius 2 is 1.71 bits per heavy atom. The Hall–Kier alpha value is -2.64. The molecule has 0 aliphatic rings. The van der Waals surface area contributed by atoms with Crippen LogP contribution in [0.2, 0.25) is 0 Å². The summed E-state index contributed by atoms with van der Waals surface area (Å²) in [5.74, 6) is -0.643. The largest absolute Gasteiger partial charge is 0.462 e. The van der Waals surface area contributed by atoms with Crippen LogP contribution in [0.1, 0.15) is 27.7 Å². The van der Waals surface area contributed by atoms with Crippen molar-refractivity contribution in [2.75, 3.05) is 11.3 Å². The number of ether oxygens (including phenoxy) is 1. The Morgan fingerprint density at radius 1 is 1.07 bits per heavy atom. The first-order valence-electron chi connectivity index (χ1n) is 8.77. The van der Waals surface area contributed by atoms with Crippen LogP contribution in [0.5, 0.6) is 0 Å². The van der Waals surface area contributed by atoms with Gasteiger partial charge in [-0.3, -0.25) is 4.72 Å². The SMILES string of the molecule is CCOC(=O)c1scc(-c2ccccc2)c1S(=O)(=O)Nc1cc(C)cc(C)c1. The Bertz CT molecular complexity index is 1080. The van der Waals surface area contributed by atoms with Crippen molar-refractivity contribution < 1.29 is 17.9 Å². The van der Waals surface area contributed by atoms with Gasteiger partial charge >= 0.3 is 5.97 Å².